The van der Waals surface area contributed by atoms with Gasteiger partial charge in [0.15, 0.2) is 0 Å². The second kappa shape index (κ2) is 7.59. The van der Waals surface area contributed by atoms with Gasteiger partial charge >= 0.3 is 6.18 Å². The highest BCUT2D eigenvalue weighted by atomic mass is 19.4. The van der Waals surface area contributed by atoms with Crippen LogP contribution in [0.25, 0.3) is 11.4 Å². The number of hydrogen-bond acceptors (Lipinski definition) is 5. The second-order valence-corrected chi connectivity index (χ2v) is 7.34. The SMILES string of the molecule is CN1CCc2c(ccnc2-c2cc(C(O)(F)c3cc(F)cc(C(F)(F)F)c3)cnn2)C1=O. The maximum Gasteiger partial charge on any atom is 0.416 e. The Balaban J connectivity index is 1.80. The summed E-state index contributed by atoms with van der Waals surface area (Å²) in [7, 11) is 1.64. The molecule has 32 heavy (non-hydrogen) atoms. The number of carbonyl (C=O) groups is 1. The Morgan fingerprint density at radius 3 is 2.50 bits per heavy atom. The minimum Gasteiger partial charge on any atom is -0.355 e. The molecule has 2 aromatic heterocycles. The quantitative estimate of drug-likeness (QED) is 0.619. The summed E-state index contributed by atoms with van der Waals surface area (Å²) in [5.74, 6) is -5.10. The Morgan fingerprint density at radius 1 is 1.06 bits per heavy atom. The van der Waals surface area contributed by atoms with Crippen molar-refractivity contribution in [2.45, 2.75) is 18.5 Å². The summed E-state index contributed by atoms with van der Waals surface area (Å²) in [6, 6.07) is 3.57. The van der Waals surface area contributed by atoms with Crippen molar-refractivity contribution in [1.29, 1.82) is 0 Å². The summed E-state index contributed by atoms with van der Waals surface area (Å²) in [6.45, 7) is 0.411. The average molecular weight is 450 g/mol. The Hall–Kier alpha value is -3.47. The van der Waals surface area contributed by atoms with E-state index >= 15 is 4.39 Å². The number of fused-ring (bicyclic) bond motifs is 1. The van der Waals surface area contributed by atoms with E-state index in [1.54, 1.807) is 7.05 Å². The number of benzene rings is 1. The second-order valence-electron chi connectivity index (χ2n) is 7.34. The molecule has 1 aromatic carbocycles. The standard InChI is InChI=1S/C21H15F5N4O2/c1-30-5-3-15-16(19(30)31)2-4-27-18(15)17-9-13(10-28-29-17)20(23,32)11-6-12(21(24,25)26)8-14(22)7-11/h2,4,6-10,32H,3,5H2,1H3. The van der Waals surface area contributed by atoms with Crippen LogP contribution in [0.2, 0.25) is 0 Å². The van der Waals surface area contributed by atoms with Crippen LogP contribution >= 0.6 is 0 Å². The number of hydrogen-bond donors (Lipinski definition) is 1. The molecule has 4 rings (SSSR count). The Morgan fingerprint density at radius 2 is 1.78 bits per heavy atom. The largest absolute Gasteiger partial charge is 0.416 e. The van der Waals surface area contributed by atoms with Gasteiger partial charge in [-0.3, -0.25) is 9.78 Å². The molecule has 1 atom stereocenters. The molecule has 166 valence electrons. The van der Waals surface area contributed by atoms with Gasteiger partial charge in [-0.1, -0.05) is 0 Å². The monoisotopic (exact) mass is 450 g/mol. The number of carbonyl (C=O) groups excluding carboxylic acids is 1. The van der Waals surface area contributed by atoms with Gasteiger partial charge in [-0.2, -0.15) is 18.3 Å². The molecule has 1 aliphatic rings. The van der Waals surface area contributed by atoms with Crippen molar-refractivity contribution in [1.82, 2.24) is 20.1 Å². The van der Waals surface area contributed by atoms with Gasteiger partial charge in [-0.05, 0) is 42.3 Å². The summed E-state index contributed by atoms with van der Waals surface area (Å²) in [6.07, 6.45) is -2.33. The van der Waals surface area contributed by atoms with Crippen LogP contribution in [0.15, 0.2) is 42.7 Å². The molecule has 3 heterocycles. The van der Waals surface area contributed by atoms with Crippen molar-refractivity contribution in [2.24, 2.45) is 0 Å². The Labute approximate surface area is 178 Å². The molecule has 0 fully saturated rings. The highest BCUT2D eigenvalue weighted by molar-refractivity contribution is 5.98. The fraction of sp³-hybridized carbons (Fsp3) is 0.238. The molecule has 1 aliphatic heterocycles. The smallest absolute Gasteiger partial charge is 0.355 e. The average Bonchev–Trinajstić information content (AvgIpc) is 2.75. The minimum absolute atomic E-state index is 0.000209. The summed E-state index contributed by atoms with van der Waals surface area (Å²) in [4.78, 5) is 18.1. The summed E-state index contributed by atoms with van der Waals surface area (Å²) < 4.78 is 68.1. The van der Waals surface area contributed by atoms with Crippen molar-refractivity contribution >= 4 is 5.91 Å². The van der Waals surface area contributed by atoms with E-state index in [0.717, 1.165) is 12.3 Å². The van der Waals surface area contributed by atoms with E-state index in [1.807, 2.05) is 0 Å². The lowest BCUT2D eigenvalue weighted by atomic mass is 9.94. The number of nitrogens with zero attached hydrogens (tertiary/aromatic N) is 4. The number of aromatic nitrogens is 3. The van der Waals surface area contributed by atoms with Crippen molar-refractivity contribution < 1.29 is 31.9 Å². The summed E-state index contributed by atoms with van der Waals surface area (Å²) in [5.41, 5.74) is -1.82. The number of pyridine rings is 1. The number of halogens is 5. The third kappa shape index (κ3) is 3.79. The van der Waals surface area contributed by atoms with E-state index in [9.17, 15) is 27.5 Å². The van der Waals surface area contributed by atoms with E-state index in [2.05, 4.69) is 15.2 Å². The highest BCUT2D eigenvalue weighted by Crippen LogP contribution is 2.37. The molecule has 0 aliphatic carbocycles. The van der Waals surface area contributed by atoms with E-state index in [4.69, 9.17) is 0 Å². The van der Waals surface area contributed by atoms with Crippen LogP contribution < -0.4 is 0 Å². The molecule has 0 saturated carbocycles. The van der Waals surface area contributed by atoms with Crippen LogP contribution in [0, 0.1) is 5.82 Å². The van der Waals surface area contributed by atoms with Crippen molar-refractivity contribution in [3.63, 3.8) is 0 Å². The van der Waals surface area contributed by atoms with Gasteiger partial charge in [0.05, 0.1) is 17.5 Å². The van der Waals surface area contributed by atoms with Crippen LogP contribution in [0.4, 0.5) is 22.0 Å². The minimum atomic E-state index is -4.94. The van der Waals surface area contributed by atoms with E-state index in [0.29, 0.717) is 36.2 Å². The maximum absolute atomic E-state index is 15.3. The molecular weight excluding hydrogens is 435 g/mol. The predicted octanol–water partition coefficient (Wildman–Crippen LogP) is 3.49. The van der Waals surface area contributed by atoms with Gasteiger partial charge in [0.1, 0.15) is 11.5 Å². The van der Waals surface area contributed by atoms with Crippen LogP contribution in [0.1, 0.15) is 32.6 Å². The number of aliphatic hydroxyl groups is 1. The fourth-order valence-electron chi connectivity index (χ4n) is 3.53. The van der Waals surface area contributed by atoms with E-state index < -0.39 is 34.5 Å². The first-order valence-electron chi connectivity index (χ1n) is 9.35. The molecule has 0 saturated heterocycles. The number of amides is 1. The lowest BCUT2D eigenvalue weighted by Gasteiger charge is -2.26. The van der Waals surface area contributed by atoms with Crippen LogP contribution in [0.3, 0.4) is 0 Å². The van der Waals surface area contributed by atoms with E-state index in [-0.39, 0.29) is 23.4 Å². The summed E-state index contributed by atoms with van der Waals surface area (Å²) in [5, 5.41) is 17.9. The zero-order valence-electron chi connectivity index (χ0n) is 16.5. The summed E-state index contributed by atoms with van der Waals surface area (Å²) >= 11 is 0. The molecule has 1 unspecified atom stereocenters. The lowest BCUT2D eigenvalue weighted by molar-refractivity contribution is -0.138. The van der Waals surface area contributed by atoms with Gasteiger partial charge in [0, 0.05) is 36.5 Å². The van der Waals surface area contributed by atoms with Gasteiger partial charge in [-0.15, -0.1) is 5.10 Å². The van der Waals surface area contributed by atoms with Crippen LogP contribution in [-0.4, -0.2) is 44.7 Å². The van der Waals surface area contributed by atoms with Gasteiger partial charge < -0.3 is 10.0 Å². The molecule has 0 radical (unpaired) electrons. The first kappa shape index (κ1) is 21.8. The zero-order valence-corrected chi connectivity index (χ0v) is 16.5. The molecule has 0 bridgehead atoms. The third-order valence-electron chi connectivity index (χ3n) is 5.22. The Bertz CT molecular complexity index is 1210. The molecule has 0 spiro atoms. The fourth-order valence-corrected chi connectivity index (χ4v) is 3.53. The van der Waals surface area contributed by atoms with Gasteiger partial charge in [0.25, 0.3) is 11.8 Å². The maximum atomic E-state index is 15.3. The van der Waals surface area contributed by atoms with Crippen LogP contribution in [-0.2, 0) is 18.5 Å². The highest BCUT2D eigenvalue weighted by Gasteiger charge is 2.38. The number of rotatable bonds is 3. The first-order valence-corrected chi connectivity index (χ1v) is 9.35. The zero-order chi connectivity index (χ0) is 23.3. The molecular formula is C21H15F5N4O2. The molecule has 11 heteroatoms. The van der Waals surface area contributed by atoms with Crippen molar-refractivity contribution in [3.8, 4) is 11.4 Å². The molecule has 1 amide bonds. The van der Waals surface area contributed by atoms with Crippen molar-refractivity contribution in [3.05, 3.63) is 76.4 Å². The van der Waals surface area contributed by atoms with Gasteiger partial charge in [0.2, 0.25) is 0 Å². The first-order chi connectivity index (χ1) is 15.0. The Kier molecular flexibility index (Phi) is 5.16. The van der Waals surface area contributed by atoms with Crippen LogP contribution in [0.5, 0.6) is 0 Å². The molecule has 1 N–H and O–H groups in total. The predicted molar refractivity (Wildman–Crippen MR) is 101 cm³/mol. The van der Waals surface area contributed by atoms with Crippen molar-refractivity contribution in [2.75, 3.05) is 13.6 Å². The molecule has 3 aromatic rings. The molecule has 6 nitrogen and oxygen atoms in total. The van der Waals surface area contributed by atoms with E-state index in [1.165, 1.54) is 17.2 Å². The lowest BCUT2D eigenvalue weighted by Crippen LogP contribution is -2.34. The normalized spacial score (nSPS) is 16.0. The number of alkyl halides is 4. The number of likely N-dealkylation sites (N-methyl/N-ethyl adjacent to an activating group) is 1. The third-order valence-corrected chi connectivity index (χ3v) is 5.22. The topological polar surface area (TPSA) is 79.2 Å². The van der Waals surface area contributed by atoms with Gasteiger partial charge in [-0.25, -0.2) is 8.78 Å².